The lowest BCUT2D eigenvalue weighted by molar-refractivity contribution is 0.0923. The van der Waals surface area contributed by atoms with Gasteiger partial charge in [-0.2, -0.15) is 0 Å². The average Bonchev–Trinajstić information content (AvgIpc) is 3.27. The Hall–Kier alpha value is -0.860. The molecule has 2 heteroatoms. The molecule has 2 unspecified atom stereocenters. The van der Waals surface area contributed by atoms with E-state index >= 15 is 0 Å². The van der Waals surface area contributed by atoms with Gasteiger partial charge in [-0.05, 0) is 55.2 Å². The first-order valence-electron chi connectivity index (χ1n) is 8.58. The predicted octanol–water partition coefficient (Wildman–Crippen LogP) is 3.51. The molecule has 1 aliphatic heterocycles. The van der Waals surface area contributed by atoms with Gasteiger partial charge in [0.25, 0.3) is 0 Å². The summed E-state index contributed by atoms with van der Waals surface area (Å²) in [6.07, 6.45) is 2.86. The summed E-state index contributed by atoms with van der Waals surface area (Å²) in [5, 5.41) is 3.79. The molecule has 0 bridgehead atoms. The zero-order chi connectivity index (χ0) is 15.0. The molecule has 1 aliphatic carbocycles. The maximum atomic E-state index is 3.79. The van der Waals surface area contributed by atoms with Crippen molar-refractivity contribution < 1.29 is 0 Å². The molecule has 0 radical (unpaired) electrons. The fraction of sp³-hybridized carbons (Fsp3) is 0.684. The van der Waals surface area contributed by atoms with Gasteiger partial charge < -0.3 is 5.32 Å². The van der Waals surface area contributed by atoms with Crippen LogP contribution < -0.4 is 5.32 Å². The lowest BCUT2D eigenvalue weighted by Crippen LogP contribution is -2.58. The SMILES string of the molecule is Cc1cccc(C)c1CN1CC(C(C)C)NCC1C1CC1. The predicted molar refractivity (Wildman–Crippen MR) is 89.5 cm³/mol. The van der Waals surface area contributed by atoms with Crippen LogP contribution >= 0.6 is 0 Å². The van der Waals surface area contributed by atoms with E-state index in [4.69, 9.17) is 0 Å². The quantitative estimate of drug-likeness (QED) is 0.911. The smallest absolute Gasteiger partial charge is 0.0253 e. The number of hydrogen-bond donors (Lipinski definition) is 1. The molecule has 116 valence electrons. The van der Waals surface area contributed by atoms with Crippen molar-refractivity contribution in [3.8, 4) is 0 Å². The minimum Gasteiger partial charge on any atom is -0.311 e. The van der Waals surface area contributed by atoms with Crippen LogP contribution in [0.5, 0.6) is 0 Å². The summed E-state index contributed by atoms with van der Waals surface area (Å²) in [7, 11) is 0. The van der Waals surface area contributed by atoms with E-state index in [1.165, 1.54) is 37.1 Å². The molecule has 0 spiro atoms. The Balaban J connectivity index is 1.78. The Kier molecular flexibility index (Phi) is 4.37. The average molecular weight is 286 g/mol. The van der Waals surface area contributed by atoms with Gasteiger partial charge in [0.05, 0.1) is 0 Å². The summed E-state index contributed by atoms with van der Waals surface area (Å²) in [5.74, 6) is 1.65. The standard InChI is InChI=1S/C19H30N2/c1-13(2)18-12-21(19(10-20-18)16-8-9-16)11-17-14(3)6-5-7-15(17)4/h5-7,13,16,18-20H,8-12H2,1-4H3. The topological polar surface area (TPSA) is 15.3 Å². The molecule has 2 atom stereocenters. The number of nitrogens with one attached hydrogen (secondary N) is 1. The molecule has 1 saturated heterocycles. The first-order chi connectivity index (χ1) is 10.1. The Labute approximate surface area is 129 Å². The summed E-state index contributed by atoms with van der Waals surface area (Å²) in [6, 6.07) is 8.09. The normalized spacial score (nSPS) is 27.3. The van der Waals surface area contributed by atoms with Crippen molar-refractivity contribution in [1.29, 1.82) is 0 Å². The van der Waals surface area contributed by atoms with Crippen LogP contribution in [0.4, 0.5) is 0 Å². The highest BCUT2D eigenvalue weighted by molar-refractivity contribution is 5.33. The third-order valence-corrected chi connectivity index (χ3v) is 5.47. The molecular formula is C19H30N2. The second-order valence-electron chi connectivity index (χ2n) is 7.46. The van der Waals surface area contributed by atoms with E-state index in [1.807, 2.05) is 0 Å². The first kappa shape index (κ1) is 15.1. The summed E-state index contributed by atoms with van der Waals surface area (Å²) in [4.78, 5) is 2.77. The molecule has 1 aromatic rings. The van der Waals surface area contributed by atoms with Gasteiger partial charge in [0.15, 0.2) is 0 Å². The maximum absolute atomic E-state index is 3.79. The molecule has 2 fully saturated rings. The number of nitrogens with zero attached hydrogens (tertiary/aromatic N) is 1. The van der Waals surface area contributed by atoms with Gasteiger partial charge in [-0.1, -0.05) is 32.0 Å². The largest absolute Gasteiger partial charge is 0.311 e. The van der Waals surface area contributed by atoms with E-state index in [-0.39, 0.29) is 0 Å². The lowest BCUT2D eigenvalue weighted by Gasteiger charge is -2.42. The van der Waals surface area contributed by atoms with Gasteiger partial charge in [-0.15, -0.1) is 0 Å². The summed E-state index contributed by atoms with van der Waals surface area (Å²) >= 11 is 0. The maximum Gasteiger partial charge on any atom is 0.0253 e. The van der Waals surface area contributed by atoms with E-state index < -0.39 is 0 Å². The molecule has 3 rings (SSSR count). The van der Waals surface area contributed by atoms with Gasteiger partial charge in [-0.3, -0.25) is 4.90 Å². The second-order valence-corrected chi connectivity index (χ2v) is 7.46. The molecule has 0 amide bonds. The molecule has 1 saturated carbocycles. The molecule has 1 N–H and O–H groups in total. The van der Waals surface area contributed by atoms with Crippen molar-refractivity contribution in [1.82, 2.24) is 10.2 Å². The minimum absolute atomic E-state index is 0.643. The monoisotopic (exact) mass is 286 g/mol. The highest BCUT2D eigenvalue weighted by Crippen LogP contribution is 2.37. The van der Waals surface area contributed by atoms with E-state index in [2.05, 4.69) is 56.1 Å². The van der Waals surface area contributed by atoms with Gasteiger partial charge in [-0.25, -0.2) is 0 Å². The van der Waals surface area contributed by atoms with Gasteiger partial charge >= 0.3 is 0 Å². The van der Waals surface area contributed by atoms with Gasteiger partial charge in [0.1, 0.15) is 0 Å². The van der Waals surface area contributed by atoms with Crippen molar-refractivity contribution in [2.24, 2.45) is 11.8 Å². The van der Waals surface area contributed by atoms with Crippen LogP contribution in [0, 0.1) is 25.7 Å². The number of rotatable bonds is 4. The van der Waals surface area contributed by atoms with Crippen molar-refractivity contribution in [3.63, 3.8) is 0 Å². The Morgan fingerprint density at radius 2 is 1.86 bits per heavy atom. The Morgan fingerprint density at radius 3 is 2.43 bits per heavy atom. The Bertz CT molecular complexity index is 470. The van der Waals surface area contributed by atoms with Crippen molar-refractivity contribution in [2.45, 2.75) is 59.2 Å². The van der Waals surface area contributed by atoms with Crippen LogP contribution in [0.25, 0.3) is 0 Å². The number of piperazine rings is 1. The van der Waals surface area contributed by atoms with Crippen LogP contribution in [0.15, 0.2) is 18.2 Å². The number of benzene rings is 1. The molecule has 1 heterocycles. The molecule has 2 nitrogen and oxygen atoms in total. The summed E-state index contributed by atoms with van der Waals surface area (Å²) in [5.41, 5.74) is 4.45. The molecular weight excluding hydrogens is 256 g/mol. The molecule has 2 aliphatic rings. The van der Waals surface area contributed by atoms with Gasteiger partial charge in [0.2, 0.25) is 0 Å². The fourth-order valence-electron chi connectivity index (χ4n) is 3.73. The van der Waals surface area contributed by atoms with Crippen LogP contribution in [-0.2, 0) is 6.54 Å². The van der Waals surface area contributed by atoms with E-state index in [0.717, 1.165) is 18.5 Å². The summed E-state index contributed by atoms with van der Waals surface area (Å²) in [6.45, 7) is 12.7. The highest BCUT2D eigenvalue weighted by Gasteiger charge is 2.39. The van der Waals surface area contributed by atoms with Crippen molar-refractivity contribution in [2.75, 3.05) is 13.1 Å². The van der Waals surface area contributed by atoms with E-state index in [1.54, 1.807) is 5.56 Å². The van der Waals surface area contributed by atoms with Crippen molar-refractivity contribution >= 4 is 0 Å². The van der Waals surface area contributed by atoms with Crippen LogP contribution in [0.2, 0.25) is 0 Å². The molecule has 0 aromatic heterocycles. The Morgan fingerprint density at radius 1 is 1.19 bits per heavy atom. The minimum atomic E-state index is 0.643. The van der Waals surface area contributed by atoms with Crippen molar-refractivity contribution in [3.05, 3.63) is 34.9 Å². The lowest BCUT2D eigenvalue weighted by atomic mass is 9.95. The number of aryl methyl sites for hydroxylation is 2. The first-order valence-corrected chi connectivity index (χ1v) is 8.58. The van der Waals surface area contributed by atoms with E-state index in [0.29, 0.717) is 12.0 Å². The van der Waals surface area contributed by atoms with Gasteiger partial charge in [0, 0.05) is 31.7 Å². The van der Waals surface area contributed by atoms with Crippen LogP contribution in [-0.4, -0.2) is 30.1 Å². The van der Waals surface area contributed by atoms with Crippen LogP contribution in [0.3, 0.4) is 0 Å². The molecule has 1 aromatic carbocycles. The summed E-state index contributed by atoms with van der Waals surface area (Å²) < 4.78 is 0. The molecule has 21 heavy (non-hydrogen) atoms. The third-order valence-electron chi connectivity index (χ3n) is 5.47. The second kappa shape index (κ2) is 6.10. The van der Waals surface area contributed by atoms with E-state index in [9.17, 15) is 0 Å². The van der Waals surface area contributed by atoms with Crippen LogP contribution in [0.1, 0.15) is 43.4 Å². The fourth-order valence-corrected chi connectivity index (χ4v) is 3.73. The number of hydrogen-bond acceptors (Lipinski definition) is 2. The highest BCUT2D eigenvalue weighted by atomic mass is 15.2. The zero-order valence-corrected chi connectivity index (χ0v) is 14.0. The zero-order valence-electron chi connectivity index (χ0n) is 14.0. The third kappa shape index (κ3) is 3.32.